The van der Waals surface area contributed by atoms with Crippen LogP contribution in [-0.4, -0.2) is 10.8 Å². The number of non-ortho nitro benzene ring substituents is 1. The number of anilines is 1. The molecule has 1 amide bonds. The first kappa shape index (κ1) is 13.6. The van der Waals surface area contributed by atoms with Crippen molar-refractivity contribution in [3.63, 3.8) is 0 Å². The number of hydrogen-bond donors (Lipinski definition) is 1. The minimum Gasteiger partial charge on any atom is -0.319 e. The van der Waals surface area contributed by atoms with Crippen LogP contribution < -0.4 is 5.32 Å². The number of carbonyl (C=O) groups excluding carboxylic acids is 1. The summed E-state index contributed by atoms with van der Waals surface area (Å²) in [6, 6.07) is 7.84. The van der Waals surface area contributed by atoms with Crippen LogP contribution in [0.15, 0.2) is 42.5 Å². The summed E-state index contributed by atoms with van der Waals surface area (Å²) in [6.07, 6.45) is 0. The highest BCUT2D eigenvalue weighted by atomic mass is 19.1. The molecule has 102 valence electrons. The van der Waals surface area contributed by atoms with E-state index in [-0.39, 0.29) is 16.9 Å². The first-order valence-electron chi connectivity index (χ1n) is 5.49. The van der Waals surface area contributed by atoms with E-state index < -0.39 is 22.5 Å². The van der Waals surface area contributed by atoms with Crippen molar-refractivity contribution in [2.24, 2.45) is 0 Å². The molecule has 0 fully saturated rings. The summed E-state index contributed by atoms with van der Waals surface area (Å²) in [6.45, 7) is 0. The average molecular weight is 278 g/mol. The Kier molecular flexibility index (Phi) is 3.69. The molecule has 2 aromatic rings. The van der Waals surface area contributed by atoms with Gasteiger partial charge in [-0.1, -0.05) is 12.1 Å². The van der Waals surface area contributed by atoms with Crippen molar-refractivity contribution in [1.29, 1.82) is 0 Å². The van der Waals surface area contributed by atoms with E-state index in [9.17, 15) is 23.7 Å². The monoisotopic (exact) mass is 278 g/mol. The molecule has 0 atom stereocenters. The lowest BCUT2D eigenvalue weighted by Crippen LogP contribution is -2.14. The first-order chi connectivity index (χ1) is 9.49. The normalized spacial score (nSPS) is 10.1. The van der Waals surface area contributed by atoms with Gasteiger partial charge in [-0.05, 0) is 18.2 Å². The van der Waals surface area contributed by atoms with E-state index in [0.29, 0.717) is 0 Å². The zero-order chi connectivity index (χ0) is 14.7. The Bertz CT molecular complexity index is 689. The molecule has 0 aliphatic carbocycles. The Morgan fingerprint density at radius 1 is 1.10 bits per heavy atom. The van der Waals surface area contributed by atoms with Crippen LogP contribution in [-0.2, 0) is 0 Å². The second-order valence-electron chi connectivity index (χ2n) is 3.86. The summed E-state index contributed by atoms with van der Waals surface area (Å²) in [5, 5.41) is 12.7. The first-order valence-corrected chi connectivity index (χ1v) is 5.49. The second-order valence-corrected chi connectivity index (χ2v) is 3.86. The Morgan fingerprint density at radius 2 is 1.80 bits per heavy atom. The van der Waals surface area contributed by atoms with Gasteiger partial charge in [-0.3, -0.25) is 14.9 Å². The molecule has 1 N–H and O–H groups in total. The van der Waals surface area contributed by atoms with Gasteiger partial charge in [0.1, 0.15) is 11.6 Å². The highest BCUT2D eigenvalue weighted by Gasteiger charge is 2.16. The maximum atomic E-state index is 13.5. The smallest absolute Gasteiger partial charge is 0.271 e. The lowest BCUT2D eigenvalue weighted by Gasteiger charge is -2.07. The molecule has 0 aliphatic rings. The molecule has 0 heterocycles. The van der Waals surface area contributed by atoms with Crippen LogP contribution in [0.2, 0.25) is 0 Å². The topological polar surface area (TPSA) is 72.2 Å². The number of rotatable bonds is 3. The predicted molar refractivity (Wildman–Crippen MR) is 67.4 cm³/mol. The molecule has 0 saturated heterocycles. The number of carbonyl (C=O) groups is 1. The number of nitrogens with one attached hydrogen (secondary N) is 1. The van der Waals surface area contributed by atoms with Gasteiger partial charge in [-0.2, -0.15) is 0 Å². The lowest BCUT2D eigenvalue weighted by atomic mass is 10.2. The largest absolute Gasteiger partial charge is 0.319 e. The molecule has 0 spiro atoms. The molecular formula is C13H8F2N2O3. The number of benzene rings is 2. The Morgan fingerprint density at radius 3 is 2.45 bits per heavy atom. The highest BCUT2D eigenvalue weighted by molar-refractivity contribution is 6.04. The minimum atomic E-state index is -0.887. The third kappa shape index (κ3) is 2.77. The van der Waals surface area contributed by atoms with Gasteiger partial charge in [0.05, 0.1) is 16.2 Å². The molecule has 2 aromatic carbocycles. The summed E-state index contributed by atoms with van der Waals surface area (Å²) in [5.74, 6) is -2.50. The van der Waals surface area contributed by atoms with Crippen LogP contribution in [0, 0.1) is 21.7 Å². The minimum absolute atomic E-state index is 0.279. The van der Waals surface area contributed by atoms with Crippen molar-refractivity contribution in [3.05, 3.63) is 69.8 Å². The molecule has 0 aromatic heterocycles. The molecule has 0 unspecified atom stereocenters. The van der Waals surface area contributed by atoms with Crippen molar-refractivity contribution < 1.29 is 18.5 Å². The molecule has 20 heavy (non-hydrogen) atoms. The number of nitro groups is 1. The van der Waals surface area contributed by atoms with Gasteiger partial charge in [0, 0.05) is 12.1 Å². The summed E-state index contributed by atoms with van der Waals surface area (Å²) < 4.78 is 26.9. The molecule has 7 heteroatoms. The van der Waals surface area contributed by atoms with Crippen LogP contribution in [0.5, 0.6) is 0 Å². The summed E-state index contributed by atoms with van der Waals surface area (Å²) >= 11 is 0. The Hall–Kier alpha value is -2.83. The van der Waals surface area contributed by atoms with E-state index >= 15 is 0 Å². The Balaban J connectivity index is 2.30. The molecule has 5 nitrogen and oxygen atoms in total. The summed E-state index contributed by atoms with van der Waals surface area (Å²) in [7, 11) is 0. The third-order valence-corrected chi connectivity index (χ3v) is 2.53. The molecule has 0 saturated carbocycles. The maximum absolute atomic E-state index is 13.5. The predicted octanol–water partition coefficient (Wildman–Crippen LogP) is 3.13. The van der Waals surface area contributed by atoms with E-state index in [0.717, 1.165) is 24.3 Å². The zero-order valence-corrected chi connectivity index (χ0v) is 9.97. The summed E-state index contributed by atoms with van der Waals surface area (Å²) in [5.41, 5.74) is -1.04. The van der Waals surface area contributed by atoms with E-state index in [1.54, 1.807) is 0 Å². The van der Waals surface area contributed by atoms with E-state index in [2.05, 4.69) is 5.32 Å². The van der Waals surface area contributed by atoms with Crippen molar-refractivity contribution in [2.45, 2.75) is 0 Å². The zero-order valence-electron chi connectivity index (χ0n) is 9.97. The molecular weight excluding hydrogens is 270 g/mol. The maximum Gasteiger partial charge on any atom is 0.271 e. The van der Waals surface area contributed by atoms with Gasteiger partial charge in [-0.15, -0.1) is 0 Å². The van der Waals surface area contributed by atoms with Crippen molar-refractivity contribution >= 4 is 17.3 Å². The van der Waals surface area contributed by atoms with E-state index in [1.807, 2.05) is 0 Å². The van der Waals surface area contributed by atoms with Crippen LogP contribution in [0.1, 0.15) is 10.4 Å². The van der Waals surface area contributed by atoms with Crippen LogP contribution >= 0.6 is 0 Å². The number of nitro benzene ring substituents is 1. The quantitative estimate of drug-likeness (QED) is 0.692. The fourth-order valence-electron chi connectivity index (χ4n) is 1.56. The number of halogens is 2. The van der Waals surface area contributed by atoms with Gasteiger partial charge in [0.2, 0.25) is 0 Å². The molecule has 2 rings (SSSR count). The van der Waals surface area contributed by atoms with Crippen LogP contribution in [0.25, 0.3) is 0 Å². The van der Waals surface area contributed by atoms with Gasteiger partial charge in [-0.25, -0.2) is 8.78 Å². The van der Waals surface area contributed by atoms with Crippen LogP contribution in [0.3, 0.4) is 0 Å². The van der Waals surface area contributed by atoms with Crippen molar-refractivity contribution in [1.82, 2.24) is 0 Å². The summed E-state index contributed by atoms with van der Waals surface area (Å²) in [4.78, 5) is 21.6. The van der Waals surface area contributed by atoms with E-state index in [1.165, 1.54) is 18.2 Å². The van der Waals surface area contributed by atoms with Gasteiger partial charge < -0.3 is 5.32 Å². The molecule has 0 aliphatic heterocycles. The van der Waals surface area contributed by atoms with Crippen molar-refractivity contribution in [3.8, 4) is 0 Å². The van der Waals surface area contributed by atoms with Gasteiger partial charge in [0.15, 0.2) is 0 Å². The van der Waals surface area contributed by atoms with Crippen molar-refractivity contribution in [2.75, 3.05) is 5.32 Å². The molecule has 0 bridgehead atoms. The Labute approximate surface area is 112 Å². The fourth-order valence-corrected chi connectivity index (χ4v) is 1.56. The second kappa shape index (κ2) is 5.43. The third-order valence-electron chi connectivity index (χ3n) is 2.53. The number of amides is 1. The highest BCUT2D eigenvalue weighted by Crippen LogP contribution is 2.22. The standard InChI is InChI=1S/C13H8F2N2O3/c14-10-4-2-1-3-9(10)13(18)16-12-7-8(17(19)20)5-6-11(12)15/h1-7H,(H,16,18). The van der Waals surface area contributed by atoms with Gasteiger partial charge in [0.25, 0.3) is 11.6 Å². The van der Waals surface area contributed by atoms with E-state index in [4.69, 9.17) is 0 Å². The number of hydrogen-bond acceptors (Lipinski definition) is 3. The van der Waals surface area contributed by atoms with Crippen LogP contribution in [0.4, 0.5) is 20.2 Å². The lowest BCUT2D eigenvalue weighted by molar-refractivity contribution is -0.384. The number of nitrogens with zero attached hydrogens (tertiary/aromatic N) is 1. The average Bonchev–Trinajstić information content (AvgIpc) is 2.41. The SMILES string of the molecule is O=C(Nc1cc([N+](=O)[O-])ccc1F)c1ccccc1F. The van der Waals surface area contributed by atoms with Gasteiger partial charge >= 0.3 is 0 Å². The molecule has 0 radical (unpaired) electrons. The fraction of sp³-hybridized carbons (Fsp3) is 0.